The highest BCUT2D eigenvalue weighted by Gasteiger charge is 2.18. The molecular formula is C18H21N3O5S. The van der Waals surface area contributed by atoms with E-state index < -0.39 is 14.9 Å². The van der Waals surface area contributed by atoms with E-state index in [1.165, 1.54) is 42.5 Å². The van der Waals surface area contributed by atoms with Gasteiger partial charge in [-0.2, -0.15) is 0 Å². The Morgan fingerprint density at radius 3 is 2.41 bits per heavy atom. The summed E-state index contributed by atoms with van der Waals surface area (Å²) in [7, 11) is -3.98. The predicted octanol–water partition coefficient (Wildman–Crippen LogP) is 3.17. The molecule has 0 fully saturated rings. The highest BCUT2D eigenvalue weighted by Crippen LogP contribution is 2.20. The van der Waals surface area contributed by atoms with E-state index in [0.717, 1.165) is 12.5 Å². The van der Waals surface area contributed by atoms with Gasteiger partial charge >= 0.3 is 0 Å². The zero-order valence-corrected chi connectivity index (χ0v) is 15.8. The van der Waals surface area contributed by atoms with Gasteiger partial charge in [0.05, 0.1) is 9.82 Å². The molecule has 0 saturated carbocycles. The molecule has 0 heterocycles. The number of hydrogen-bond donors (Lipinski definition) is 2. The summed E-state index contributed by atoms with van der Waals surface area (Å²) in [6.45, 7) is 4.69. The van der Waals surface area contributed by atoms with Crippen molar-refractivity contribution in [1.82, 2.24) is 5.32 Å². The van der Waals surface area contributed by atoms with Crippen molar-refractivity contribution in [3.63, 3.8) is 0 Å². The summed E-state index contributed by atoms with van der Waals surface area (Å²) in [5, 5.41) is 13.6. The number of rotatable bonds is 8. The summed E-state index contributed by atoms with van der Waals surface area (Å²) in [6.07, 6.45) is 0.868. The number of carbonyl (C=O) groups is 1. The third-order valence-corrected chi connectivity index (χ3v) is 5.12. The maximum atomic E-state index is 12.4. The first kappa shape index (κ1) is 20.4. The highest BCUT2D eigenvalue weighted by molar-refractivity contribution is 7.92. The van der Waals surface area contributed by atoms with E-state index in [4.69, 9.17) is 0 Å². The van der Waals surface area contributed by atoms with Crippen molar-refractivity contribution in [2.45, 2.75) is 25.2 Å². The molecular weight excluding hydrogens is 370 g/mol. The lowest BCUT2D eigenvalue weighted by molar-refractivity contribution is -0.385. The molecule has 0 aliphatic carbocycles. The van der Waals surface area contributed by atoms with Crippen molar-refractivity contribution in [1.29, 1.82) is 0 Å². The minimum atomic E-state index is -3.98. The molecule has 144 valence electrons. The summed E-state index contributed by atoms with van der Waals surface area (Å²) in [6, 6.07) is 10.7. The van der Waals surface area contributed by atoms with E-state index >= 15 is 0 Å². The SMILES string of the molecule is CC(C)CCNC(=O)c1ccc(NS(=O)(=O)c2cccc([N+](=O)[O-])c2)cc1. The van der Waals surface area contributed by atoms with Crippen molar-refractivity contribution >= 4 is 27.3 Å². The molecule has 0 aliphatic rings. The van der Waals surface area contributed by atoms with Crippen LogP contribution in [0.3, 0.4) is 0 Å². The van der Waals surface area contributed by atoms with Crippen LogP contribution in [0.4, 0.5) is 11.4 Å². The monoisotopic (exact) mass is 391 g/mol. The van der Waals surface area contributed by atoms with E-state index in [1.54, 1.807) is 0 Å². The van der Waals surface area contributed by atoms with Gasteiger partial charge in [-0.15, -0.1) is 0 Å². The number of nitrogens with one attached hydrogen (secondary N) is 2. The second-order valence-corrected chi connectivity index (χ2v) is 8.06. The second kappa shape index (κ2) is 8.63. The van der Waals surface area contributed by atoms with Crippen LogP contribution in [-0.4, -0.2) is 25.8 Å². The van der Waals surface area contributed by atoms with Gasteiger partial charge in [0, 0.05) is 29.9 Å². The van der Waals surface area contributed by atoms with Crippen LogP contribution in [0.5, 0.6) is 0 Å². The first-order valence-electron chi connectivity index (χ1n) is 8.34. The molecule has 0 bridgehead atoms. The number of amides is 1. The van der Waals surface area contributed by atoms with Crippen molar-refractivity contribution in [3.8, 4) is 0 Å². The van der Waals surface area contributed by atoms with Crippen molar-refractivity contribution in [2.24, 2.45) is 5.92 Å². The Morgan fingerprint density at radius 2 is 1.81 bits per heavy atom. The van der Waals surface area contributed by atoms with Crippen LogP contribution in [-0.2, 0) is 10.0 Å². The molecule has 2 aromatic carbocycles. The van der Waals surface area contributed by atoms with Crippen LogP contribution in [0.1, 0.15) is 30.6 Å². The third-order valence-electron chi connectivity index (χ3n) is 3.75. The number of anilines is 1. The molecule has 2 aromatic rings. The molecule has 8 nitrogen and oxygen atoms in total. The van der Waals surface area contributed by atoms with Gasteiger partial charge in [-0.25, -0.2) is 8.42 Å². The zero-order chi connectivity index (χ0) is 20.0. The number of hydrogen-bond acceptors (Lipinski definition) is 5. The normalized spacial score (nSPS) is 11.2. The third kappa shape index (κ3) is 5.78. The summed E-state index contributed by atoms with van der Waals surface area (Å²) in [4.78, 5) is 22.0. The van der Waals surface area contributed by atoms with E-state index in [-0.39, 0.29) is 22.2 Å². The molecule has 0 atom stereocenters. The van der Waals surface area contributed by atoms with Crippen LogP contribution in [0.25, 0.3) is 0 Å². The lowest BCUT2D eigenvalue weighted by Gasteiger charge is -2.10. The van der Waals surface area contributed by atoms with Gasteiger partial charge in [-0.05, 0) is 42.7 Å². The molecule has 0 unspecified atom stereocenters. The first-order valence-corrected chi connectivity index (χ1v) is 9.83. The Kier molecular flexibility index (Phi) is 6.51. The maximum Gasteiger partial charge on any atom is 0.270 e. The van der Waals surface area contributed by atoms with E-state index in [0.29, 0.717) is 18.0 Å². The molecule has 1 amide bonds. The van der Waals surface area contributed by atoms with E-state index in [9.17, 15) is 23.3 Å². The molecule has 27 heavy (non-hydrogen) atoms. The van der Waals surface area contributed by atoms with Crippen molar-refractivity contribution < 1.29 is 18.1 Å². The molecule has 0 aromatic heterocycles. The Labute approximate surface area is 157 Å². The quantitative estimate of drug-likeness (QED) is 0.529. The average Bonchev–Trinajstić information content (AvgIpc) is 2.61. The van der Waals surface area contributed by atoms with Gasteiger partial charge < -0.3 is 5.32 Å². The maximum absolute atomic E-state index is 12.4. The Hall–Kier alpha value is -2.94. The summed E-state index contributed by atoms with van der Waals surface area (Å²) < 4.78 is 27.1. The fraction of sp³-hybridized carbons (Fsp3) is 0.278. The topological polar surface area (TPSA) is 118 Å². The summed E-state index contributed by atoms with van der Waals surface area (Å²) >= 11 is 0. The number of benzene rings is 2. The standard InChI is InChI=1S/C18H21N3O5S/c1-13(2)10-11-19-18(22)14-6-8-15(9-7-14)20-27(25,26)17-5-3-4-16(12-17)21(23)24/h3-9,12-13,20H,10-11H2,1-2H3,(H,19,22). The smallest absolute Gasteiger partial charge is 0.270 e. The molecule has 0 radical (unpaired) electrons. The lowest BCUT2D eigenvalue weighted by Crippen LogP contribution is -2.25. The van der Waals surface area contributed by atoms with Gasteiger partial charge in [0.2, 0.25) is 0 Å². The number of nitro groups is 1. The minimum absolute atomic E-state index is 0.216. The van der Waals surface area contributed by atoms with Crippen LogP contribution in [0.15, 0.2) is 53.4 Å². The van der Waals surface area contributed by atoms with Crippen LogP contribution in [0, 0.1) is 16.0 Å². The van der Waals surface area contributed by atoms with Crippen molar-refractivity contribution in [2.75, 3.05) is 11.3 Å². The minimum Gasteiger partial charge on any atom is -0.352 e. The van der Waals surface area contributed by atoms with Gasteiger partial charge in [0.1, 0.15) is 0 Å². The molecule has 2 rings (SSSR count). The van der Waals surface area contributed by atoms with Crippen LogP contribution < -0.4 is 10.0 Å². The van der Waals surface area contributed by atoms with E-state index in [1.807, 2.05) is 0 Å². The van der Waals surface area contributed by atoms with Gasteiger partial charge in [0.25, 0.3) is 21.6 Å². The predicted molar refractivity (Wildman–Crippen MR) is 102 cm³/mol. The Morgan fingerprint density at radius 1 is 1.15 bits per heavy atom. The highest BCUT2D eigenvalue weighted by atomic mass is 32.2. The van der Waals surface area contributed by atoms with Crippen molar-refractivity contribution in [3.05, 3.63) is 64.2 Å². The number of non-ortho nitro benzene ring substituents is 1. The summed E-state index contributed by atoms with van der Waals surface area (Å²) in [5.41, 5.74) is 0.351. The fourth-order valence-electron chi connectivity index (χ4n) is 2.24. The molecule has 0 spiro atoms. The Bertz CT molecular complexity index is 924. The van der Waals surface area contributed by atoms with Gasteiger partial charge in [-0.1, -0.05) is 19.9 Å². The number of nitro benzene ring substituents is 1. The Balaban J connectivity index is 2.08. The largest absolute Gasteiger partial charge is 0.352 e. The molecule has 0 aliphatic heterocycles. The van der Waals surface area contributed by atoms with Crippen LogP contribution in [0.2, 0.25) is 0 Å². The number of nitrogens with zero attached hydrogens (tertiary/aromatic N) is 1. The number of sulfonamides is 1. The average molecular weight is 391 g/mol. The van der Waals surface area contributed by atoms with Gasteiger partial charge in [-0.3, -0.25) is 19.6 Å². The molecule has 0 saturated heterocycles. The van der Waals surface area contributed by atoms with Gasteiger partial charge in [0.15, 0.2) is 0 Å². The first-order chi connectivity index (χ1) is 12.7. The molecule has 9 heteroatoms. The summed E-state index contributed by atoms with van der Waals surface area (Å²) in [5.74, 6) is 0.250. The fourth-order valence-corrected chi connectivity index (χ4v) is 3.34. The zero-order valence-electron chi connectivity index (χ0n) is 15.0. The number of carbonyl (C=O) groups excluding carboxylic acids is 1. The molecule has 2 N–H and O–H groups in total. The van der Waals surface area contributed by atoms with Crippen LogP contribution >= 0.6 is 0 Å². The lowest BCUT2D eigenvalue weighted by atomic mass is 10.1. The second-order valence-electron chi connectivity index (χ2n) is 6.38. The van der Waals surface area contributed by atoms with E-state index in [2.05, 4.69) is 23.9 Å².